The second-order valence-electron chi connectivity index (χ2n) is 8.10. The molecule has 1 unspecified atom stereocenters. The fraction of sp³-hybridized carbons (Fsp3) is 0.409. The zero-order valence-corrected chi connectivity index (χ0v) is 18.0. The summed E-state index contributed by atoms with van der Waals surface area (Å²) in [5.41, 5.74) is 0.732. The molecule has 158 valence electrons. The Hall–Kier alpha value is -2.25. The zero-order valence-electron chi connectivity index (χ0n) is 16.4. The molecule has 1 aromatic heterocycles. The normalized spacial score (nSPS) is 20.2. The van der Waals surface area contributed by atoms with Crippen LogP contribution in [-0.2, 0) is 19.4 Å². The lowest BCUT2D eigenvalue weighted by molar-refractivity contribution is -0.119. The number of benzene rings is 1. The summed E-state index contributed by atoms with van der Waals surface area (Å²) in [6, 6.07) is 9.87. The summed E-state index contributed by atoms with van der Waals surface area (Å²) in [7, 11) is -3.28. The SMILES string of the molecule is O=C1CCC(C[C@@H](C(=O)Nc2ccc(Cl)cn2)c2ccc(S(=O)(=O)C3CC3)cc2)C1. The summed E-state index contributed by atoms with van der Waals surface area (Å²) >= 11 is 5.86. The second-order valence-corrected chi connectivity index (χ2v) is 10.8. The number of hydrogen-bond donors (Lipinski definition) is 1. The van der Waals surface area contributed by atoms with Gasteiger partial charge in [0.25, 0.3) is 0 Å². The van der Waals surface area contributed by atoms with Gasteiger partial charge in [0.15, 0.2) is 9.84 Å². The predicted molar refractivity (Wildman–Crippen MR) is 114 cm³/mol. The first kappa shape index (κ1) is 21.0. The number of carbonyl (C=O) groups excluding carboxylic acids is 2. The van der Waals surface area contributed by atoms with Crippen LogP contribution in [0.1, 0.15) is 50.0 Å². The summed E-state index contributed by atoms with van der Waals surface area (Å²) in [6.45, 7) is 0. The van der Waals surface area contributed by atoms with Crippen molar-refractivity contribution < 1.29 is 18.0 Å². The van der Waals surface area contributed by atoms with Crippen molar-refractivity contribution in [1.82, 2.24) is 4.98 Å². The largest absolute Gasteiger partial charge is 0.310 e. The van der Waals surface area contributed by atoms with Crippen LogP contribution in [0, 0.1) is 5.92 Å². The summed E-state index contributed by atoms with van der Waals surface area (Å²) in [5, 5.41) is 3.01. The van der Waals surface area contributed by atoms with Gasteiger partial charge in [-0.2, -0.15) is 0 Å². The number of rotatable bonds is 7. The van der Waals surface area contributed by atoms with E-state index in [-0.39, 0.29) is 22.9 Å². The average molecular weight is 447 g/mol. The number of pyridine rings is 1. The molecule has 2 aromatic rings. The number of carbonyl (C=O) groups is 2. The van der Waals surface area contributed by atoms with Crippen LogP contribution in [0.15, 0.2) is 47.5 Å². The van der Waals surface area contributed by atoms with Crippen molar-refractivity contribution in [3.63, 3.8) is 0 Å². The van der Waals surface area contributed by atoms with Crippen molar-refractivity contribution >= 4 is 38.9 Å². The monoisotopic (exact) mass is 446 g/mol. The Morgan fingerprint density at radius 3 is 2.43 bits per heavy atom. The third-order valence-electron chi connectivity index (χ3n) is 5.79. The number of amides is 1. The van der Waals surface area contributed by atoms with Gasteiger partial charge in [0.05, 0.1) is 21.1 Å². The van der Waals surface area contributed by atoms with E-state index in [4.69, 9.17) is 11.6 Å². The fourth-order valence-corrected chi connectivity index (χ4v) is 5.71. The number of hydrogen-bond acceptors (Lipinski definition) is 5. The van der Waals surface area contributed by atoms with Crippen LogP contribution in [0.4, 0.5) is 5.82 Å². The molecule has 1 N–H and O–H groups in total. The number of anilines is 1. The van der Waals surface area contributed by atoms with Gasteiger partial charge in [0.1, 0.15) is 11.6 Å². The van der Waals surface area contributed by atoms with Crippen LogP contribution in [-0.4, -0.2) is 30.3 Å². The van der Waals surface area contributed by atoms with E-state index in [2.05, 4.69) is 10.3 Å². The first-order valence-corrected chi connectivity index (χ1v) is 12.0. The molecule has 0 spiro atoms. The van der Waals surface area contributed by atoms with Crippen LogP contribution in [0.2, 0.25) is 5.02 Å². The van der Waals surface area contributed by atoms with Crippen molar-refractivity contribution in [3.05, 3.63) is 53.2 Å². The fourth-order valence-electron chi connectivity index (χ4n) is 3.94. The molecule has 2 saturated carbocycles. The highest BCUT2D eigenvalue weighted by molar-refractivity contribution is 7.92. The van der Waals surface area contributed by atoms with Gasteiger partial charge in [-0.05, 0) is 61.4 Å². The van der Waals surface area contributed by atoms with Gasteiger partial charge in [-0.25, -0.2) is 13.4 Å². The lowest BCUT2D eigenvalue weighted by Crippen LogP contribution is -2.23. The van der Waals surface area contributed by atoms with E-state index in [1.807, 2.05) is 0 Å². The van der Waals surface area contributed by atoms with E-state index in [0.717, 1.165) is 12.0 Å². The highest BCUT2D eigenvalue weighted by Gasteiger charge is 2.37. The number of sulfone groups is 1. The van der Waals surface area contributed by atoms with Gasteiger partial charge in [-0.1, -0.05) is 23.7 Å². The number of nitrogens with one attached hydrogen (secondary N) is 1. The molecule has 1 aromatic carbocycles. The molecule has 30 heavy (non-hydrogen) atoms. The van der Waals surface area contributed by atoms with Gasteiger partial charge in [-0.3, -0.25) is 9.59 Å². The minimum absolute atomic E-state index is 0.140. The smallest absolute Gasteiger partial charge is 0.233 e. The molecule has 0 saturated heterocycles. The standard InChI is InChI=1S/C22H23ClN2O4S/c23-16-4-10-21(24-13-16)25-22(27)20(12-14-1-5-17(26)11-14)15-2-6-18(7-3-15)30(28,29)19-8-9-19/h2-4,6-7,10,13-14,19-20H,1,5,8-9,11-12H2,(H,24,25,27)/t14?,20-/m1/s1. The number of aromatic nitrogens is 1. The van der Waals surface area contributed by atoms with Gasteiger partial charge in [0, 0.05) is 19.0 Å². The Labute approximate surface area is 181 Å². The molecule has 4 rings (SSSR count). The van der Waals surface area contributed by atoms with Gasteiger partial charge < -0.3 is 5.32 Å². The van der Waals surface area contributed by atoms with E-state index in [1.54, 1.807) is 36.4 Å². The summed E-state index contributed by atoms with van der Waals surface area (Å²) in [5.74, 6) is 0.0218. The third-order valence-corrected chi connectivity index (χ3v) is 8.29. The molecule has 1 amide bonds. The van der Waals surface area contributed by atoms with Crippen molar-refractivity contribution in [1.29, 1.82) is 0 Å². The minimum Gasteiger partial charge on any atom is -0.310 e. The van der Waals surface area contributed by atoms with Crippen molar-refractivity contribution in [3.8, 4) is 0 Å². The molecule has 8 heteroatoms. The van der Waals surface area contributed by atoms with Crippen molar-refractivity contribution in [2.24, 2.45) is 5.92 Å². The first-order valence-electron chi connectivity index (χ1n) is 10.1. The Balaban J connectivity index is 1.56. The zero-order chi connectivity index (χ0) is 21.3. The van der Waals surface area contributed by atoms with Gasteiger partial charge in [-0.15, -0.1) is 0 Å². The number of ketones is 1. The van der Waals surface area contributed by atoms with Gasteiger partial charge >= 0.3 is 0 Å². The minimum atomic E-state index is -3.28. The molecule has 2 aliphatic rings. The first-order chi connectivity index (χ1) is 14.3. The topological polar surface area (TPSA) is 93.2 Å². The highest BCUT2D eigenvalue weighted by atomic mass is 35.5. The maximum Gasteiger partial charge on any atom is 0.233 e. The van der Waals surface area contributed by atoms with Crippen molar-refractivity contribution in [2.75, 3.05) is 5.32 Å². The molecular weight excluding hydrogens is 424 g/mol. The number of nitrogens with zero attached hydrogens (tertiary/aromatic N) is 1. The summed E-state index contributed by atoms with van der Waals surface area (Å²) in [4.78, 5) is 29.2. The summed E-state index contributed by atoms with van der Waals surface area (Å²) in [6.07, 6.45) is 5.21. The molecule has 2 aliphatic carbocycles. The van der Waals surface area contributed by atoms with Crippen LogP contribution < -0.4 is 5.32 Å². The molecule has 0 aliphatic heterocycles. The summed E-state index contributed by atoms with van der Waals surface area (Å²) < 4.78 is 24.9. The van der Waals surface area contributed by atoms with E-state index in [1.165, 1.54) is 6.20 Å². The molecule has 0 radical (unpaired) electrons. The molecule has 0 bridgehead atoms. The molecule has 1 heterocycles. The Morgan fingerprint density at radius 2 is 1.87 bits per heavy atom. The Bertz CT molecular complexity index is 1050. The molecule has 2 atom stereocenters. The van der Waals surface area contributed by atoms with Crippen LogP contribution in [0.25, 0.3) is 0 Å². The second kappa shape index (κ2) is 8.47. The quantitative estimate of drug-likeness (QED) is 0.689. The average Bonchev–Trinajstić information content (AvgIpc) is 3.51. The third kappa shape index (κ3) is 4.73. The van der Waals surface area contributed by atoms with Crippen LogP contribution in [0.3, 0.4) is 0 Å². The number of halogens is 1. The van der Waals surface area contributed by atoms with E-state index < -0.39 is 15.8 Å². The number of Topliss-reactive ketones (excluding diaryl/α,β-unsaturated/α-hetero) is 1. The maximum atomic E-state index is 13.1. The van der Waals surface area contributed by atoms with E-state index >= 15 is 0 Å². The van der Waals surface area contributed by atoms with Crippen LogP contribution in [0.5, 0.6) is 0 Å². The molecular formula is C22H23ClN2O4S. The molecule has 6 nitrogen and oxygen atoms in total. The Morgan fingerprint density at radius 1 is 1.13 bits per heavy atom. The predicted octanol–water partition coefficient (Wildman–Crippen LogP) is 4.15. The maximum absolute atomic E-state index is 13.1. The lowest BCUT2D eigenvalue weighted by Gasteiger charge is -2.20. The molecule has 2 fully saturated rings. The van der Waals surface area contributed by atoms with Gasteiger partial charge in [0.2, 0.25) is 5.91 Å². The Kier molecular flexibility index (Phi) is 5.93. The van der Waals surface area contributed by atoms with Crippen LogP contribution >= 0.6 is 11.6 Å². The lowest BCUT2D eigenvalue weighted by atomic mass is 9.87. The van der Waals surface area contributed by atoms with Crippen molar-refractivity contribution in [2.45, 2.75) is 54.6 Å². The van der Waals surface area contributed by atoms with E-state index in [0.29, 0.717) is 47.8 Å². The van der Waals surface area contributed by atoms with E-state index in [9.17, 15) is 18.0 Å². The highest BCUT2D eigenvalue weighted by Crippen LogP contribution is 2.36.